The number of hydrogen-bond acceptors (Lipinski definition) is 5. The van der Waals surface area contributed by atoms with Crippen molar-refractivity contribution in [3.8, 4) is 0 Å². The lowest BCUT2D eigenvalue weighted by Gasteiger charge is -2.38. The molecule has 1 aromatic carbocycles. The Morgan fingerprint density at radius 2 is 1.72 bits per heavy atom. The molecule has 138 valence electrons. The van der Waals surface area contributed by atoms with E-state index < -0.39 is 11.8 Å². The van der Waals surface area contributed by atoms with Crippen molar-refractivity contribution in [1.29, 1.82) is 0 Å². The first-order valence-electron chi connectivity index (χ1n) is 8.36. The van der Waals surface area contributed by atoms with Crippen molar-refractivity contribution in [1.82, 2.24) is 20.4 Å². The van der Waals surface area contributed by atoms with Crippen molar-refractivity contribution in [3.63, 3.8) is 0 Å². The molecule has 1 saturated heterocycles. The molecule has 1 fully saturated rings. The van der Waals surface area contributed by atoms with Crippen molar-refractivity contribution < 1.29 is 19.1 Å². The smallest absolute Gasteiger partial charge is 0.309 e. The zero-order valence-electron chi connectivity index (χ0n) is 14.4. The zero-order chi connectivity index (χ0) is 18.2. The Balaban J connectivity index is 2.03. The van der Waals surface area contributed by atoms with E-state index in [0.717, 1.165) is 31.7 Å². The molecular formula is C17H25FN4O3. The number of benzene rings is 1. The van der Waals surface area contributed by atoms with Crippen LogP contribution >= 0.6 is 0 Å². The van der Waals surface area contributed by atoms with Crippen LogP contribution in [0.4, 0.5) is 4.39 Å². The van der Waals surface area contributed by atoms with E-state index in [1.165, 1.54) is 12.1 Å². The van der Waals surface area contributed by atoms with E-state index in [1.54, 1.807) is 12.1 Å². The highest BCUT2D eigenvalue weighted by molar-refractivity contribution is 6.35. The molecule has 25 heavy (non-hydrogen) atoms. The quantitative estimate of drug-likeness (QED) is 0.592. The molecule has 0 saturated carbocycles. The summed E-state index contributed by atoms with van der Waals surface area (Å²) in [6.07, 6.45) is 0. The minimum Gasteiger partial charge on any atom is -0.395 e. The fraction of sp³-hybridized carbons (Fsp3) is 0.529. The van der Waals surface area contributed by atoms with Gasteiger partial charge in [0.1, 0.15) is 5.82 Å². The monoisotopic (exact) mass is 352 g/mol. The number of aliphatic hydroxyl groups excluding tert-OH is 1. The number of rotatable bonds is 6. The van der Waals surface area contributed by atoms with Crippen LogP contribution in [0.2, 0.25) is 0 Å². The SMILES string of the molecule is CN1CCN(C(CNC(=O)C(=O)NCCO)c2ccc(F)cc2)CC1. The first-order valence-corrected chi connectivity index (χ1v) is 8.36. The number of piperazine rings is 1. The van der Waals surface area contributed by atoms with Crippen LogP contribution in [-0.4, -0.2) is 79.6 Å². The molecule has 2 amide bonds. The van der Waals surface area contributed by atoms with Crippen LogP contribution in [0, 0.1) is 5.82 Å². The third-order valence-electron chi connectivity index (χ3n) is 4.29. The topological polar surface area (TPSA) is 84.9 Å². The Morgan fingerprint density at radius 1 is 1.12 bits per heavy atom. The molecule has 0 bridgehead atoms. The Kier molecular flexibility index (Phi) is 7.30. The zero-order valence-corrected chi connectivity index (χ0v) is 14.4. The highest BCUT2D eigenvalue weighted by atomic mass is 19.1. The lowest BCUT2D eigenvalue weighted by molar-refractivity contribution is -0.139. The van der Waals surface area contributed by atoms with Crippen molar-refractivity contribution in [3.05, 3.63) is 35.6 Å². The number of nitrogens with one attached hydrogen (secondary N) is 2. The fourth-order valence-electron chi connectivity index (χ4n) is 2.80. The number of amides is 2. The lowest BCUT2D eigenvalue weighted by atomic mass is 10.0. The van der Waals surface area contributed by atoms with Gasteiger partial charge in [-0.05, 0) is 24.7 Å². The fourth-order valence-corrected chi connectivity index (χ4v) is 2.80. The predicted octanol–water partition coefficient (Wildman–Crippen LogP) is -0.661. The van der Waals surface area contributed by atoms with Crippen LogP contribution in [0.15, 0.2) is 24.3 Å². The predicted molar refractivity (Wildman–Crippen MR) is 91.3 cm³/mol. The van der Waals surface area contributed by atoms with Gasteiger partial charge in [-0.1, -0.05) is 12.1 Å². The maximum Gasteiger partial charge on any atom is 0.309 e. The minimum absolute atomic E-state index is 0.0338. The van der Waals surface area contributed by atoms with Gasteiger partial charge in [0.15, 0.2) is 0 Å². The maximum absolute atomic E-state index is 13.2. The summed E-state index contributed by atoms with van der Waals surface area (Å²) in [6, 6.07) is 6.07. The summed E-state index contributed by atoms with van der Waals surface area (Å²) < 4.78 is 13.2. The molecule has 0 aliphatic carbocycles. The van der Waals surface area contributed by atoms with Crippen LogP contribution in [0.1, 0.15) is 11.6 Å². The maximum atomic E-state index is 13.2. The highest BCUT2D eigenvalue weighted by Crippen LogP contribution is 2.22. The lowest BCUT2D eigenvalue weighted by Crippen LogP contribution is -2.49. The molecule has 0 aromatic heterocycles. The molecule has 7 nitrogen and oxygen atoms in total. The van der Waals surface area contributed by atoms with Gasteiger partial charge in [-0.2, -0.15) is 0 Å². The van der Waals surface area contributed by atoms with Gasteiger partial charge >= 0.3 is 11.8 Å². The summed E-state index contributed by atoms with van der Waals surface area (Å²) in [5.41, 5.74) is 0.891. The van der Waals surface area contributed by atoms with E-state index in [2.05, 4.69) is 27.5 Å². The van der Waals surface area contributed by atoms with Gasteiger partial charge in [0.2, 0.25) is 0 Å². The third-order valence-corrected chi connectivity index (χ3v) is 4.29. The summed E-state index contributed by atoms with van der Waals surface area (Å²) >= 11 is 0. The number of likely N-dealkylation sites (N-methyl/N-ethyl adjacent to an activating group) is 1. The normalized spacial score (nSPS) is 17.1. The van der Waals surface area contributed by atoms with Crippen LogP contribution in [0.3, 0.4) is 0 Å². The van der Waals surface area contributed by atoms with Crippen molar-refractivity contribution in [2.75, 3.05) is 52.9 Å². The highest BCUT2D eigenvalue weighted by Gasteiger charge is 2.25. The van der Waals surface area contributed by atoms with E-state index >= 15 is 0 Å². The minimum atomic E-state index is -0.773. The van der Waals surface area contributed by atoms with Crippen LogP contribution in [0.5, 0.6) is 0 Å². The number of aliphatic hydroxyl groups is 1. The third kappa shape index (κ3) is 5.77. The number of carbonyl (C=O) groups excluding carboxylic acids is 2. The van der Waals surface area contributed by atoms with Crippen LogP contribution < -0.4 is 10.6 Å². The van der Waals surface area contributed by atoms with E-state index in [1.807, 2.05) is 0 Å². The largest absolute Gasteiger partial charge is 0.395 e. The van der Waals surface area contributed by atoms with E-state index in [0.29, 0.717) is 0 Å². The van der Waals surface area contributed by atoms with Gasteiger partial charge in [-0.25, -0.2) is 4.39 Å². The molecule has 2 rings (SSSR count). The summed E-state index contributed by atoms with van der Waals surface area (Å²) in [5, 5.41) is 13.6. The summed E-state index contributed by atoms with van der Waals surface area (Å²) in [4.78, 5) is 27.9. The number of halogens is 1. The van der Waals surface area contributed by atoms with Crippen molar-refractivity contribution in [2.24, 2.45) is 0 Å². The molecule has 1 aliphatic rings. The van der Waals surface area contributed by atoms with Gasteiger partial charge in [0.05, 0.1) is 12.6 Å². The second kappa shape index (κ2) is 9.45. The standard InChI is InChI=1S/C17H25FN4O3/c1-21-7-9-22(10-8-21)15(13-2-4-14(18)5-3-13)12-20-17(25)16(24)19-6-11-23/h2-5,15,23H,6-12H2,1H3,(H,19,24)(H,20,25). The molecular weight excluding hydrogens is 327 g/mol. The molecule has 1 heterocycles. The Labute approximate surface area is 146 Å². The van der Waals surface area contributed by atoms with Gasteiger partial charge in [-0.3, -0.25) is 14.5 Å². The Bertz CT molecular complexity index is 574. The molecule has 1 unspecified atom stereocenters. The average Bonchev–Trinajstić information content (AvgIpc) is 2.62. The molecule has 0 radical (unpaired) electrons. The first kappa shape index (κ1) is 19.3. The number of nitrogens with zero attached hydrogens (tertiary/aromatic N) is 2. The first-order chi connectivity index (χ1) is 12.0. The molecule has 0 spiro atoms. The molecule has 1 aliphatic heterocycles. The van der Waals surface area contributed by atoms with Crippen molar-refractivity contribution in [2.45, 2.75) is 6.04 Å². The van der Waals surface area contributed by atoms with Gasteiger partial charge < -0.3 is 20.6 Å². The average molecular weight is 352 g/mol. The van der Waals surface area contributed by atoms with Gasteiger partial charge in [0, 0.05) is 39.3 Å². The summed E-state index contributed by atoms with van der Waals surface area (Å²) in [7, 11) is 2.05. The Hall–Kier alpha value is -2.03. The summed E-state index contributed by atoms with van der Waals surface area (Å²) in [6.45, 7) is 3.52. The van der Waals surface area contributed by atoms with Crippen LogP contribution in [0.25, 0.3) is 0 Å². The number of hydrogen-bond donors (Lipinski definition) is 3. The van der Waals surface area contributed by atoms with Crippen LogP contribution in [-0.2, 0) is 9.59 Å². The van der Waals surface area contributed by atoms with Gasteiger partial charge in [-0.15, -0.1) is 0 Å². The second-order valence-corrected chi connectivity index (χ2v) is 6.10. The Morgan fingerprint density at radius 3 is 2.32 bits per heavy atom. The number of carbonyl (C=O) groups is 2. The molecule has 8 heteroatoms. The molecule has 1 aromatic rings. The molecule has 1 atom stereocenters. The van der Waals surface area contributed by atoms with E-state index in [4.69, 9.17) is 5.11 Å². The second-order valence-electron chi connectivity index (χ2n) is 6.10. The van der Waals surface area contributed by atoms with Gasteiger partial charge in [0.25, 0.3) is 0 Å². The molecule has 3 N–H and O–H groups in total. The summed E-state index contributed by atoms with van der Waals surface area (Å²) in [5.74, 6) is -1.83. The van der Waals surface area contributed by atoms with Crippen molar-refractivity contribution >= 4 is 11.8 Å². The van der Waals surface area contributed by atoms with E-state index in [9.17, 15) is 14.0 Å². The van der Waals surface area contributed by atoms with E-state index in [-0.39, 0.29) is 31.6 Å².